The summed E-state index contributed by atoms with van der Waals surface area (Å²) in [5, 5.41) is 32.8. The summed E-state index contributed by atoms with van der Waals surface area (Å²) in [6.07, 6.45) is 1.03. The van der Waals surface area contributed by atoms with Crippen LogP contribution >= 0.6 is 0 Å². The van der Waals surface area contributed by atoms with Gasteiger partial charge in [0, 0.05) is 24.8 Å². The molecule has 120 valence electrons. The van der Waals surface area contributed by atoms with Gasteiger partial charge in [0.05, 0.1) is 12.5 Å². The van der Waals surface area contributed by atoms with Gasteiger partial charge >= 0.3 is 0 Å². The van der Waals surface area contributed by atoms with Crippen LogP contribution in [0.5, 0.6) is 11.5 Å². The molecule has 3 aliphatic carbocycles. The number of hydrogen-bond donors (Lipinski definition) is 3. The summed E-state index contributed by atoms with van der Waals surface area (Å²) in [4.78, 5) is 12.6. The summed E-state index contributed by atoms with van der Waals surface area (Å²) in [5.74, 6) is 0.381. The third kappa shape index (κ3) is 0.921. The lowest BCUT2D eigenvalue weighted by Crippen LogP contribution is -2.66. The van der Waals surface area contributed by atoms with Gasteiger partial charge in [0.15, 0.2) is 28.9 Å². The Morgan fingerprint density at radius 1 is 1.39 bits per heavy atom. The minimum atomic E-state index is -1.17. The maximum atomic E-state index is 12.6. The molecule has 2 aliphatic heterocycles. The van der Waals surface area contributed by atoms with Gasteiger partial charge in [-0.15, -0.1) is 0 Å². The number of ketones is 1. The van der Waals surface area contributed by atoms with Gasteiger partial charge < -0.3 is 14.9 Å². The van der Waals surface area contributed by atoms with Crippen molar-refractivity contribution in [3.63, 3.8) is 0 Å². The second-order valence-electron chi connectivity index (χ2n) is 8.19. The molecule has 6 heteroatoms. The number of Topliss-reactive ketones (excluding diaryl/α,β-unsaturated/α-hetero) is 1. The minimum absolute atomic E-state index is 0.0123. The number of hydrogen-bond acceptors (Lipinski definition) is 5. The molecule has 2 saturated carbocycles. The van der Waals surface area contributed by atoms with E-state index in [2.05, 4.69) is 0 Å². The van der Waals surface area contributed by atoms with Crippen LogP contribution in [-0.4, -0.2) is 56.2 Å². The van der Waals surface area contributed by atoms with Crippen molar-refractivity contribution in [3.05, 3.63) is 23.3 Å². The van der Waals surface area contributed by atoms with E-state index in [1.165, 1.54) is 0 Å². The van der Waals surface area contributed by atoms with Crippen LogP contribution in [-0.2, 0) is 16.6 Å². The van der Waals surface area contributed by atoms with Gasteiger partial charge in [-0.25, -0.2) is 5.21 Å². The number of aliphatic hydroxyl groups is 1. The molecule has 2 heterocycles. The second-order valence-corrected chi connectivity index (χ2v) is 8.19. The summed E-state index contributed by atoms with van der Waals surface area (Å²) < 4.78 is 5.74. The van der Waals surface area contributed by atoms with E-state index >= 15 is 0 Å². The maximum Gasteiger partial charge on any atom is 0.207 e. The Morgan fingerprint density at radius 2 is 2.17 bits per heavy atom. The SMILES string of the molecule is C[N+]1(O)C2C3(O)CCC(=O)C4Oc5c(O)ccc6c5C43CC21C6. The Balaban J connectivity index is 1.74. The van der Waals surface area contributed by atoms with Crippen LogP contribution in [0.2, 0.25) is 0 Å². The van der Waals surface area contributed by atoms with Gasteiger partial charge in [0.1, 0.15) is 5.60 Å². The zero-order valence-corrected chi connectivity index (χ0v) is 12.7. The number of fused-ring (bicyclic) bond motifs is 1. The fraction of sp³-hybridized carbons (Fsp3) is 0.588. The topological polar surface area (TPSA) is 87.0 Å². The quantitative estimate of drug-likeness (QED) is 0.476. The first-order valence-corrected chi connectivity index (χ1v) is 8.16. The van der Waals surface area contributed by atoms with E-state index in [-0.39, 0.29) is 28.6 Å². The predicted octanol–water partition coefficient (Wildman–Crippen LogP) is 0.402. The number of phenolic OH excluding ortho intramolecular Hbond substituents is 1. The van der Waals surface area contributed by atoms with Gasteiger partial charge in [0.25, 0.3) is 0 Å². The second kappa shape index (κ2) is 3.01. The molecule has 1 aromatic rings. The lowest BCUT2D eigenvalue weighted by atomic mass is 9.57. The van der Waals surface area contributed by atoms with E-state index in [0.29, 0.717) is 25.0 Å². The molecule has 5 aliphatic rings. The zero-order valence-electron chi connectivity index (χ0n) is 12.7. The summed E-state index contributed by atoms with van der Waals surface area (Å²) in [6.45, 7) is 0. The lowest BCUT2D eigenvalue weighted by molar-refractivity contribution is -1.02. The average molecular weight is 316 g/mol. The Bertz CT molecular complexity index is 835. The number of rotatable bonds is 0. The molecule has 0 amide bonds. The molecular weight excluding hydrogens is 298 g/mol. The molecule has 2 spiro atoms. The third-order valence-corrected chi connectivity index (χ3v) is 7.55. The van der Waals surface area contributed by atoms with Gasteiger partial charge in [-0.3, -0.25) is 4.79 Å². The van der Waals surface area contributed by atoms with Crippen molar-refractivity contribution >= 4 is 5.78 Å². The Labute approximate surface area is 132 Å². The number of hydroxylamine groups is 3. The monoisotopic (exact) mass is 316 g/mol. The van der Waals surface area contributed by atoms with Crippen molar-refractivity contribution in [2.24, 2.45) is 0 Å². The number of piperidine rings is 1. The van der Waals surface area contributed by atoms with Crippen molar-refractivity contribution in [2.45, 2.75) is 54.4 Å². The highest BCUT2D eigenvalue weighted by molar-refractivity contribution is 5.90. The van der Waals surface area contributed by atoms with Crippen molar-refractivity contribution < 1.29 is 29.6 Å². The summed E-state index contributed by atoms with van der Waals surface area (Å²) in [7, 11) is 1.75. The molecule has 2 bridgehead atoms. The molecule has 3 N–H and O–H groups in total. The van der Waals surface area contributed by atoms with E-state index in [9.17, 15) is 20.2 Å². The normalized spacial score (nSPS) is 53.6. The maximum absolute atomic E-state index is 12.6. The predicted molar refractivity (Wildman–Crippen MR) is 76.2 cm³/mol. The van der Waals surface area contributed by atoms with Crippen molar-refractivity contribution in [2.75, 3.05) is 7.05 Å². The first kappa shape index (κ1) is 12.8. The third-order valence-electron chi connectivity index (χ3n) is 7.55. The summed E-state index contributed by atoms with van der Waals surface area (Å²) in [5.41, 5.74) is -0.616. The van der Waals surface area contributed by atoms with Crippen LogP contribution < -0.4 is 4.74 Å². The fourth-order valence-electron chi connectivity index (χ4n) is 6.79. The molecule has 0 radical (unpaired) electrons. The molecule has 3 fully saturated rings. The Morgan fingerprint density at radius 3 is 2.96 bits per heavy atom. The molecular formula is C17H18NO5+. The van der Waals surface area contributed by atoms with E-state index < -0.39 is 22.7 Å². The Hall–Kier alpha value is -1.63. The van der Waals surface area contributed by atoms with E-state index in [4.69, 9.17) is 4.74 Å². The van der Waals surface area contributed by atoms with Crippen molar-refractivity contribution in [1.29, 1.82) is 0 Å². The highest BCUT2D eigenvalue weighted by atomic mass is 16.6. The van der Waals surface area contributed by atoms with Crippen molar-refractivity contribution in [3.8, 4) is 11.5 Å². The molecule has 6 nitrogen and oxygen atoms in total. The number of phenols is 1. The van der Waals surface area contributed by atoms with Gasteiger partial charge in [-0.2, -0.15) is 4.65 Å². The number of carbonyl (C=O) groups is 1. The smallest absolute Gasteiger partial charge is 0.207 e. The van der Waals surface area contributed by atoms with E-state index in [1.807, 2.05) is 6.07 Å². The zero-order chi connectivity index (χ0) is 16.0. The molecule has 1 saturated heterocycles. The molecule has 23 heavy (non-hydrogen) atoms. The van der Waals surface area contributed by atoms with Crippen LogP contribution in [0.4, 0.5) is 0 Å². The standard InChI is InChI=1S/C17H17NO5/c1-18(22)14-15(18)6-8-2-3-9(19)12-11(8)16(7-15)13(23-12)10(20)4-5-17(14,16)21/h2-3,13-14,21-22H,4-7H2,1H3/p+1. The first-order chi connectivity index (χ1) is 10.8. The van der Waals surface area contributed by atoms with Gasteiger partial charge in [0.2, 0.25) is 6.04 Å². The fourth-order valence-corrected chi connectivity index (χ4v) is 6.79. The van der Waals surface area contributed by atoms with Crippen LogP contribution in [0, 0.1) is 0 Å². The van der Waals surface area contributed by atoms with Crippen LogP contribution in [0.1, 0.15) is 30.4 Å². The highest BCUT2D eigenvalue weighted by Crippen LogP contribution is 2.78. The van der Waals surface area contributed by atoms with Crippen LogP contribution in [0.15, 0.2) is 12.1 Å². The number of aromatic hydroxyl groups is 1. The van der Waals surface area contributed by atoms with Gasteiger partial charge in [-0.05, 0) is 18.1 Å². The first-order valence-electron chi connectivity index (χ1n) is 8.16. The number of benzene rings is 1. The largest absolute Gasteiger partial charge is 0.504 e. The van der Waals surface area contributed by atoms with Crippen LogP contribution in [0.25, 0.3) is 0 Å². The summed E-state index contributed by atoms with van der Waals surface area (Å²) >= 11 is 0. The average Bonchev–Trinajstić information content (AvgIpc) is 2.79. The number of nitrogens with zero attached hydrogens (tertiary/aromatic N) is 1. The highest BCUT2D eigenvalue weighted by Gasteiger charge is 2.98. The summed E-state index contributed by atoms with van der Waals surface area (Å²) in [6, 6.07) is 3.14. The van der Waals surface area contributed by atoms with E-state index in [0.717, 1.165) is 11.1 Å². The van der Waals surface area contributed by atoms with Crippen molar-refractivity contribution in [1.82, 2.24) is 0 Å². The van der Waals surface area contributed by atoms with Crippen LogP contribution in [0.3, 0.4) is 0 Å². The number of likely N-dealkylation sites (N-methyl/N-ethyl adjacent to an activating group) is 1. The molecule has 1 aromatic carbocycles. The van der Waals surface area contributed by atoms with Gasteiger partial charge in [-0.1, -0.05) is 6.07 Å². The number of quaternary nitrogens is 1. The molecule has 6 unspecified atom stereocenters. The molecule has 6 atom stereocenters. The molecule has 0 aromatic heterocycles. The molecule has 6 rings (SSSR count). The Kier molecular flexibility index (Phi) is 1.67. The van der Waals surface area contributed by atoms with E-state index in [1.54, 1.807) is 13.1 Å². The number of likely N-dealkylation sites (tertiary alicyclic amines) is 1. The number of ether oxygens (including phenoxy) is 1. The minimum Gasteiger partial charge on any atom is -0.504 e. The lowest BCUT2D eigenvalue weighted by Gasteiger charge is -2.48. The number of carbonyl (C=O) groups excluding carboxylic acids is 1.